The molecule has 0 nitrogen and oxygen atoms in total. The first-order chi connectivity index (χ1) is 27.1. The number of rotatable bonds is 2. The average Bonchev–Trinajstić information content (AvgIpc) is 3.49. The standard InChI is InChI=1S/C54H36Si/c1-55(2)51-29-25-34-16-6-7-17-36(34)52(51)45-28-27-44-42-26-24-35(30-48(42)41-22-12-13-23-43(41)53(44)54(45)55)47-32-50-39-20-10-8-18-37(39)46(33-14-4-3-5-15-33)31-49(50)40-21-11-9-19-38(40)47/h3-32H,1-2H3. The van der Waals surface area contributed by atoms with Crippen molar-refractivity contribution in [2.45, 2.75) is 13.1 Å². The Hall–Kier alpha value is -6.54. The van der Waals surface area contributed by atoms with E-state index in [1.165, 1.54) is 109 Å². The summed E-state index contributed by atoms with van der Waals surface area (Å²) in [4.78, 5) is 0. The third kappa shape index (κ3) is 4.22. The smallest absolute Gasteiger partial charge is 0.0622 e. The van der Waals surface area contributed by atoms with Crippen LogP contribution in [0.5, 0.6) is 0 Å². The molecule has 0 saturated heterocycles. The van der Waals surface area contributed by atoms with Crippen LogP contribution in [0.15, 0.2) is 182 Å². The van der Waals surface area contributed by atoms with E-state index in [0.29, 0.717) is 0 Å². The van der Waals surface area contributed by atoms with Crippen molar-refractivity contribution in [3.05, 3.63) is 182 Å². The number of benzene rings is 11. The first-order valence-corrected chi connectivity index (χ1v) is 22.4. The predicted molar refractivity (Wildman–Crippen MR) is 242 cm³/mol. The fourth-order valence-corrected chi connectivity index (χ4v) is 13.8. The zero-order valence-electron chi connectivity index (χ0n) is 30.8. The fraction of sp³-hybridized carbons (Fsp3) is 0.0370. The lowest BCUT2D eigenvalue weighted by Gasteiger charge is -2.23. The summed E-state index contributed by atoms with van der Waals surface area (Å²) in [7, 11) is -2.04. The van der Waals surface area contributed by atoms with Crippen LogP contribution >= 0.6 is 0 Å². The minimum Gasteiger partial charge on any atom is -0.0622 e. The number of fused-ring (bicyclic) bond motifs is 17. The second-order valence-electron chi connectivity index (χ2n) is 16.0. The van der Waals surface area contributed by atoms with Crippen LogP contribution < -0.4 is 10.4 Å². The van der Waals surface area contributed by atoms with E-state index in [2.05, 4.69) is 195 Å². The van der Waals surface area contributed by atoms with Crippen LogP contribution in [0.2, 0.25) is 13.1 Å². The first-order valence-electron chi connectivity index (χ1n) is 19.4. The van der Waals surface area contributed by atoms with Gasteiger partial charge in [-0.1, -0.05) is 177 Å². The van der Waals surface area contributed by atoms with Crippen molar-refractivity contribution in [3.63, 3.8) is 0 Å². The van der Waals surface area contributed by atoms with Crippen LogP contribution in [-0.4, -0.2) is 8.07 Å². The molecule has 11 aromatic rings. The number of hydrogen-bond donors (Lipinski definition) is 0. The average molecular weight is 713 g/mol. The van der Waals surface area contributed by atoms with Gasteiger partial charge in [0.1, 0.15) is 8.07 Å². The van der Waals surface area contributed by atoms with Gasteiger partial charge in [-0.15, -0.1) is 0 Å². The van der Waals surface area contributed by atoms with E-state index >= 15 is 0 Å². The lowest BCUT2D eigenvalue weighted by atomic mass is 9.86. The molecule has 12 rings (SSSR count). The Morgan fingerprint density at radius 2 is 0.800 bits per heavy atom. The Kier molecular flexibility index (Phi) is 6.31. The molecule has 0 N–H and O–H groups in total. The van der Waals surface area contributed by atoms with Gasteiger partial charge < -0.3 is 0 Å². The highest BCUT2D eigenvalue weighted by Gasteiger charge is 2.40. The molecule has 11 aromatic carbocycles. The highest BCUT2D eigenvalue weighted by atomic mass is 28.3. The van der Waals surface area contributed by atoms with E-state index in [0.717, 1.165) is 0 Å². The first kappa shape index (κ1) is 30.9. The van der Waals surface area contributed by atoms with Crippen molar-refractivity contribution in [3.8, 4) is 33.4 Å². The molecular weight excluding hydrogens is 677 g/mol. The summed E-state index contributed by atoms with van der Waals surface area (Å²) < 4.78 is 0. The predicted octanol–water partition coefficient (Wildman–Crippen LogP) is 13.9. The summed E-state index contributed by atoms with van der Waals surface area (Å²) in [5.41, 5.74) is 7.94. The van der Waals surface area contributed by atoms with E-state index in [9.17, 15) is 0 Å². The molecule has 0 aliphatic carbocycles. The highest BCUT2D eigenvalue weighted by Crippen LogP contribution is 2.45. The van der Waals surface area contributed by atoms with Gasteiger partial charge in [0, 0.05) is 0 Å². The Labute approximate surface area is 320 Å². The van der Waals surface area contributed by atoms with Crippen molar-refractivity contribution in [2.75, 3.05) is 0 Å². The minimum atomic E-state index is -2.04. The molecule has 0 spiro atoms. The zero-order valence-corrected chi connectivity index (χ0v) is 31.8. The normalized spacial score (nSPS) is 13.4. The molecule has 0 fully saturated rings. The zero-order chi connectivity index (χ0) is 36.4. The van der Waals surface area contributed by atoms with Crippen LogP contribution in [-0.2, 0) is 0 Å². The Balaban J connectivity index is 1.15. The molecule has 0 radical (unpaired) electrons. The molecule has 1 heteroatoms. The van der Waals surface area contributed by atoms with Crippen LogP contribution in [0.25, 0.3) is 109 Å². The molecule has 0 unspecified atom stereocenters. The van der Waals surface area contributed by atoms with Crippen molar-refractivity contribution in [2.24, 2.45) is 0 Å². The highest BCUT2D eigenvalue weighted by molar-refractivity contribution is 7.05. The van der Waals surface area contributed by atoms with Gasteiger partial charge in [0.2, 0.25) is 0 Å². The quantitative estimate of drug-likeness (QED) is 0.124. The Morgan fingerprint density at radius 1 is 0.309 bits per heavy atom. The van der Waals surface area contributed by atoms with Crippen LogP contribution in [0, 0.1) is 0 Å². The van der Waals surface area contributed by atoms with E-state index in [1.807, 2.05) is 0 Å². The van der Waals surface area contributed by atoms with E-state index in [-0.39, 0.29) is 0 Å². The Morgan fingerprint density at radius 3 is 1.49 bits per heavy atom. The van der Waals surface area contributed by atoms with Crippen molar-refractivity contribution in [1.29, 1.82) is 0 Å². The molecule has 256 valence electrons. The molecule has 0 amide bonds. The molecule has 55 heavy (non-hydrogen) atoms. The summed E-state index contributed by atoms with van der Waals surface area (Å²) in [6, 6.07) is 68.6. The third-order valence-corrected chi connectivity index (χ3v) is 16.3. The summed E-state index contributed by atoms with van der Waals surface area (Å²) in [5.74, 6) is 0. The molecule has 1 heterocycles. The fourth-order valence-electron chi connectivity index (χ4n) is 10.3. The van der Waals surface area contributed by atoms with Crippen molar-refractivity contribution < 1.29 is 0 Å². The summed E-state index contributed by atoms with van der Waals surface area (Å²) in [6.45, 7) is 5.12. The van der Waals surface area contributed by atoms with Crippen LogP contribution in [0.3, 0.4) is 0 Å². The maximum Gasteiger partial charge on any atom is 0.114 e. The van der Waals surface area contributed by atoms with Crippen LogP contribution in [0.1, 0.15) is 0 Å². The van der Waals surface area contributed by atoms with Gasteiger partial charge in [-0.05, 0) is 137 Å². The van der Waals surface area contributed by atoms with Gasteiger partial charge in [-0.2, -0.15) is 0 Å². The van der Waals surface area contributed by atoms with Crippen molar-refractivity contribution >= 4 is 93.9 Å². The molecule has 0 aromatic heterocycles. The van der Waals surface area contributed by atoms with Crippen molar-refractivity contribution in [1.82, 2.24) is 0 Å². The van der Waals surface area contributed by atoms with Gasteiger partial charge in [-0.3, -0.25) is 0 Å². The molecule has 0 saturated carbocycles. The molecule has 0 atom stereocenters. The second-order valence-corrected chi connectivity index (χ2v) is 20.2. The number of hydrogen-bond acceptors (Lipinski definition) is 0. The monoisotopic (exact) mass is 712 g/mol. The van der Waals surface area contributed by atoms with Crippen LogP contribution in [0.4, 0.5) is 0 Å². The largest absolute Gasteiger partial charge is 0.114 e. The summed E-state index contributed by atoms with van der Waals surface area (Å²) >= 11 is 0. The van der Waals surface area contributed by atoms with E-state index < -0.39 is 8.07 Å². The van der Waals surface area contributed by atoms with Gasteiger partial charge in [-0.25, -0.2) is 0 Å². The summed E-state index contributed by atoms with van der Waals surface area (Å²) in [6.07, 6.45) is 0. The third-order valence-electron chi connectivity index (χ3n) is 12.8. The minimum absolute atomic E-state index is 1.25. The van der Waals surface area contributed by atoms with Gasteiger partial charge >= 0.3 is 0 Å². The molecule has 1 aliphatic heterocycles. The lowest BCUT2D eigenvalue weighted by molar-refractivity contribution is 1.67. The van der Waals surface area contributed by atoms with E-state index in [4.69, 9.17) is 0 Å². The molecular formula is C54H36Si. The molecule has 0 bridgehead atoms. The van der Waals surface area contributed by atoms with Gasteiger partial charge in [0.25, 0.3) is 0 Å². The van der Waals surface area contributed by atoms with E-state index in [1.54, 1.807) is 10.4 Å². The second kappa shape index (κ2) is 11.2. The topological polar surface area (TPSA) is 0 Å². The molecule has 1 aliphatic rings. The maximum atomic E-state index is 2.56. The van der Waals surface area contributed by atoms with Gasteiger partial charge in [0.05, 0.1) is 0 Å². The SMILES string of the molecule is C[Si]1(C)c2ccc3ccccc3c2-c2ccc3c4ccc(-c5cc6c7ccccc7c(-c7ccccc7)cc6c6ccccc56)cc4c4ccccc4c3c21. The summed E-state index contributed by atoms with van der Waals surface area (Å²) in [5, 5.41) is 21.7. The maximum absolute atomic E-state index is 2.56. The lowest BCUT2D eigenvalue weighted by Crippen LogP contribution is -2.49. The Bertz CT molecular complexity index is 3420. The van der Waals surface area contributed by atoms with Gasteiger partial charge in [0.15, 0.2) is 0 Å².